The van der Waals surface area contributed by atoms with Crippen molar-refractivity contribution < 1.29 is 19.4 Å². The Morgan fingerprint density at radius 3 is 2.79 bits per heavy atom. The van der Waals surface area contributed by atoms with Gasteiger partial charge < -0.3 is 20.3 Å². The second kappa shape index (κ2) is 3.10. The zero-order valence-electron chi connectivity index (χ0n) is 7.32. The quantitative estimate of drug-likeness (QED) is 0.646. The molecule has 2 rings (SSSR count). The van der Waals surface area contributed by atoms with Crippen molar-refractivity contribution in [2.75, 3.05) is 18.9 Å². The normalized spacial score (nSPS) is 13.7. The van der Waals surface area contributed by atoms with Crippen LogP contribution >= 0.6 is 0 Å². The predicted molar refractivity (Wildman–Crippen MR) is 48.8 cm³/mol. The van der Waals surface area contributed by atoms with Gasteiger partial charge in [-0.05, 0) is 12.1 Å². The van der Waals surface area contributed by atoms with Gasteiger partial charge in [-0.15, -0.1) is 0 Å². The van der Waals surface area contributed by atoms with Crippen molar-refractivity contribution in [2.45, 2.75) is 0 Å². The Labute approximate surface area is 80.0 Å². The highest BCUT2D eigenvalue weighted by molar-refractivity contribution is 5.90. The fourth-order valence-corrected chi connectivity index (χ4v) is 1.30. The summed E-state index contributed by atoms with van der Waals surface area (Å²) in [6.07, 6.45) is 0. The lowest BCUT2D eigenvalue weighted by Gasteiger charge is -2.20. The summed E-state index contributed by atoms with van der Waals surface area (Å²) >= 11 is 0. The van der Waals surface area contributed by atoms with E-state index >= 15 is 0 Å². The van der Waals surface area contributed by atoms with Crippen molar-refractivity contribution in [3.8, 4) is 11.5 Å². The van der Waals surface area contributed by atoms with Gasteiger partial charge in [-0.2, -0.15) is 0 Å². The number of nitrogens with two attached hydrogens (primary N) is 1. The maximum Gasteiger partial charge on any atom is 0.335 e. The molecule has 1 heterocycles. The SMILES string of the molecule is Nc1cc(C(=O)O)cc2c1OCCO2. The van der Waals surface area contributed by atoms with E-state index in [0.29, 0.717) is 30.4 Å². The topological polar surface area (TPSA) is 81.8 Å². The van der Waals surface area contributed by atoms with E-state index in [2.05, 4.69) is 0 Å². The molecular formula is C9H9NO4. The first-order valence-electron chi connectivity index (χ1n) is 4.11. The number of rotatable bonds is 1. The summed E-state index contributed by atoms with van der Waals surface area (Å²) in [4.78, 5) is 10.7. The van der Waals surface area contributed by atoms with E-state index in [9.17, 15) is 4.79 Å². The number of hydrogen-bond acceptors (Lipinski definition) is 4. The van der Waals surface area contributed by atoms with Crippen LogP contribution in [-0.2, 0) is 0 Å². The fourth-order valence-electron chi connectivity index (χ4n) is 1.30. The van der Waals surface area contributed by atoms with E-state index < -0.39 is 5.97 Å². The molecule has 1 aliphatic rings. The molecule has 0 bridgehead atoms. The minimum absolute atomic E-state index is 0.103. The van der Waals surface area contributed by atoms with Crippen LogP contribution in [0.15, 0.2) is 12.1 Å². The molecule has 14 heavy (non-hydrogen) atoms. The second-order valence-corrected chi connectivity index (χ2v) is 2.89. The first kappa shape index (κ1) is 8.68. The van der Waals surface area contributed by atoms with Gasteiger partial charge in [0.2, 0.25) is 0 Å². The number of carboxylic acids is 1. The van der Waals surface area contributed by atoms with Gasteiger partial charge in [0.25, 0.3) is 0 Å². The summed E-state index contributed by atoms with van der Waals surface area (Å²) < 4.78 is 10.5. The minimum Gasteiger partial charge on any atom is -0.486 e. The lowest BCUT2D eigenvalue weighted by atomic mass is 10.1. The highest BCUT2D eigenvalue weighted by Gasteiger charge is 2.18. The number of nitrogen functional groups attached to an aromatic ring is 1. The number of ether oxygens (including phenoxy) is 2. The third-order valence-corrected chi connectivity index (χ3v) is 1.92. The highest BCUT2D eigenvalue weighted by atomic mass is 16.6. The van der Waals surface area contributed by atoms with Crippen molar-refractivity contribution in [3.05, 3.63) is 17.7 Å². The number of aromatic carboxylic acids is 1. The van der Waals surface area contributed by atoms with Gasteiger partial charge in [-0.3, -0.25) is 0 Å². The van der Waals surface area contributed by atoms with Crippen molar-refractivity contribution in [3.63, 3.8) is 0 Å². The molecule has 0 aliphatic carbocycles. The molecule has 3 N–H and O–H groups in total. The maximum absolute atomic E-state index is 10.7. The molecular weight excluding hydrogens is 186 g/mol. The van der Waals surface area contributed by atoms with Crippen molar-refractivity contribution in [1.82, 2.24) is 0 Å². The molecule has 0 saturated carbocycles. The van der Waals surface area contributed by atoms with E-state index in [4.69, 9.17) is 20.3 Å². The first-order chi connectivity index (χ1) is 6.68. The van der Waals surface area contributed by atoms with Crippen molar-refractivity contribution in [2.24, 2.45) is 0 Å². The molecule has 0 aromatic heterocycles. The number of carboxylic acid groups (broad SMARTS) is 1. The van der Waals surface area contributed by atoms with Crippen LogP contribution in [0.25, 0.3) is 0 Å². The van der Waals surface area contributed by atoms with Gasteiger partial charge >= 0.3 is 5.97 Å². The summed E-state index contributed by atoms with van der Waals surface area (Å²) in [6, 6.07) is 2.77. The number of hydrogen-bond donors (Lipinski definition) is 2. The largest absolute Gasteiger partial charge is 0.486 e. The Balaban J connectivity index is 2.51. The van der Waals surface area contributed by atoms with Crippen LogP contribution in [0.3, 0.4) is 0 Å². The zero-order chi connectivity index (χ0) is 10.1. The molecule has 0 fully saturated rings. The Bertz CT molecular complexity index is 389. The molecule has 0 amide bonds. The summed E-state index contributed by atoms with van der Waals surface area (Å²) in [6.45, 7) is 0.846. The first-order valence-corrected chi connectivity index (χ1v) is 4.11. The molecule has 0 saturated heterocycles. The number of anilines is 1. The Morgan fingerprint density at radius 2 is 2.07 bits per heavy atom. The van der Waals surface area contributed by atoms with E-state index in [-0.39, 0.29) is 5.56 Å². The molecule has 0 atom stereocenters. The van der Waals surface area contributed by atoms with Crippen LogP contribution in [0.2, 0.25) is 0 Å². The number of carbonyl (C=O) groups is 1. The smallest absolute Gasteiger partial charge is 0.335 e. The molecule has 5 heteroatoms. The number of fused-ring (bicyclic) bond motifs is 1. The van der Waals surface area contributed by atoms with E-state index in [0.717, 1.165) is 0 Å². The van der Waals surface area contributed by atoms with Crippen LogP contribution in [0.4, 0.5) is 5.69 Å². The molecule has 74 valence electrons. The Morgan fingerprint density at radius 1 is 1.36 bits per heavy atom. The lowest BCUT2D eigenvalue weighted by Crippen LogP contribution is -2.17. The second-order valence-electron chi connectivity index (χ2n) is 2.89. The molecule has 1 aromatic carbocycles. The van der Waals surface area contributed by atoms with Crippen molar-refractivity contribution in [1.29, 1.82) is 0 Å². The summed E-state index contributed by atoms with van der Waals surface area (Å²) in [7, 11) is 0. The van der Waals surface area contributed by atoms with Crippen molar-refractivity contribution >= 4 is 11.7 Å². The summed E-state index contributed by atoms with van der Waals surface area (Å²) in [5, 5.41) is 8.76. The van der Waals surface area contributed by atoms with Gasteiger partial charge in [0.1, 0.15) is 13.2 Å². The minimum atomic E-state index is -1.03. The van der Waals surface area contributed by atoms with E-state index in [1.807, 2.05) is 0 Å². The molecule has 0 unspecified atom stereocenters. The summed E-state index contributed by atoms with van der Waals surface area (Å²) in [5.41, 5.74) is 6.01. The van der Waals surface area contributed by atoms with Crippen LogP contribution < -0.4 is 15.2 Å². The molecule has 5 nitrogen and oxygen atoms in total. The standard InChI is InChI=1S/C9H9NO4/c10-6-3-5(9(11)12)4-7-8(6)14-2-1-13-7/h3-4H,1-2,10H2,(H,11,12). The molecule has 0 spiro atoms. The van der Waals surface area contributed by atoms with Crippen LogP contribution in [0.5, 0.6) is 11.5 Å². The van der Waals surface area contributed by atoms with Gasteiger partial charge in [-0.1, -0.05) is 0 Å². The molecule has 1 aromatic rings. The fraction of sp³-hybridized carbons (Fsp3) is 0.222. The van der Waals surface area contributed by atoms with Crippen LogP contribution in [0.1, 0.15) is 10.4 Å². The zero-order valence-corrected chi connectivity index (χ0v) is 7.32. The van der Waals surface area contributed by atoms with E-state index in [1.54, 1.807) is 0 Å². The maximum atomic E-state index is 10.7. The average Bonchev–Trinajstić information content (AvgIpc) is 2.17. The van der Waals surface area contributed by atoms with Gasteiger partial charge in [0.15, 0.2) is 11.5 Å². The van der Waals surface area contributed by atoms with Gasteiger partial charge in [0.05, 0.1) is 11.3 Å². The monoisotopic (exact) mass is 195 g/mol. The highest BCUT2D eigenvalue weighted by Crippen LogP contribution is 2.36. The third-order valence-electron chi connectivity index (χ3n) is 1.92. The summed E-state index contributed by atoms with van der Waals surface area (Å²) in [5.74, 6) is -0.205. The van der Waals surface area contributed by atoms with Gasteiger partial charge in [-0.25, -0.2) is 4.79 Å². The average molecular weight is 195 g/mol. The van der Waals surface area contributed by atoms with Crippen LogP contribution in [0, 0.1) is 0 Å². The van der Waals surface area contributed by atoms with E-state index in [1.165, 1.54) is 12.1 Å². The molecule has 0 radical (unpaired) electrons. The van der Waals surface area contributed by atoms with Gasteiger partial charge in [0, 0.05) is 0 Å². The van der Waals surface area contributed by atoms with Crippen LogP contribution in [-0.4, -0.2) is 24.3 Å². The predicted octanol–water partition coefficient (Wildman–Crippen LogP) is 0.738. The molecule has 1 aliphatic heterocycles. The lowest BCUT2D eigenvalue weighted by molar-refractivity contribution is 0.0696. The Hall–Kier alpha value is -1.91. The Kier molecular flexibility index (Phi) is 1.92. The number of benzene rings is 1. The third kappa shape index (κ3) is 1.32.